The number of hydrogen-bond donors (Lipinski definition) is 0. The molecule has 0 aromatic heterocycles. The number of hydrogen-bond acceptors (Lipinski definition) is 2. The van der Waals surface area contributed by atoms with Gasteiger partial charge in [0.15, 0.2) is 5.78 Å². The lowest BCUT2D eigenvalue weighted by Crippen LogP contribution is -2.66. The summed E-state index contributed by atoms with van der Waals surface area (Å²) in [7, 11) is 0. The largest absolute Gasteiger partial charge is 0.299 e. The Hall–Kier alpha value is -0.920. The van der Waals surface area contributed by atoms with Crippen LogP contribution in [0.5, 0.6) is 0 Å². The first-order valence-electron chi connectivity index (χ1n) is 14.3. The van der Waals surface area contributed by atoms with Gasteiger partial charge in [-0.1, -0.05) is 61.0 Å². The summed E-state index contributed by atoms with van der Waals surface area (Å²) in [6, 6.07) is 0. The molecular weight excluding hydrogens is 416 g/mol. The zero-order chi connectivity index (χ0) is 25.1. The summed E-state index contributed by atoms with van der Waals surface area (Å²) >= 11 is 0. The highest BCUT2D eigenvalue weighted by molar-refractivity contribution is 5.95. The molecule has 4 fully saturated rings. The molecule has 5 rings (SSSR count). The second kappa shape index (κ2) is 7.10. The molecule has 4 saturated carbocycles. The molecule has 5 aliphatic rings. The standard InChI is InChI=1S/C32H50O2/c1-20-10-12-30(7)25(27(20,3)4)11-13-32(9)26(30)24(34)18-22-23-19-29(6,21(2)33)15-14-28(23,5)16-17-31(22,32)8/h18,20,23,25-26H,10-17,19H2,1-9H3/t20-,23-,25-,26+,28+,29-,30-,31+,32+/m0/s1. The third-order valence-electron chi connectivity index (χ3n) is 14.0. The van der Waals surface area contributed by atoms with Crippen molar-refractivity contribution in [2.75, 3.05) is 0 Å². The van der Waals surface area contributed by atoms with Crippen LogP contribution in [-0.4, -0.2) is 11.6 Å². The molecule has 2 heteroatoms. The van der Waals surface area contributed by atoms with Crippen molar-refractivity contribution >= 4 is 11.6 Å². The van der Waals surface area contributed by atoms with E-state index in [4.69, 9.17) is 0 Å². The molecule has 0 spiro atoms. The van der Waals surface area contributed by atoms with Gasteiger partial charge in [-0.05, 0) is 116 Å². The van der Waals surface area contributed by atoms with Crippen LogP contribution in [0.2, 0.25) is 0 Å². The van der Waals surface area contributed by atoms with E-state index in [1.807, 2.05) is 0 Å². The molecule has 0 aliphatic heterocycles. The fourth-order valence-corrected chi connectivity index (χ4v) is 10.7. The van der Waals surface area contributed by atoms with E-state index < -0.39 is 0 Å². The van der Waals surface area contributed by atoms with Gasteiger partial charge >= 0.3 is 0 Å². The quantitative estimate of drug-likeness (QED) is 0.390. The van der Waals surface area contributed by atoms with Crippen LogP contribution in [0.4, 0.5) is 0 Å². The molecule has 0 amide bonds. The lowest BCUT2D eigenvalue weighted by atomic mass is 9.33. The van der Waals surface area contributed by atoms with Gasteiger partial charge in [-0.15, -0.1) is 0 Å². The van der Waals surface area contributed by atoms with Gasteiger partial charge in [0.05, 0.1) is 0 Å². The van der Waals surface area contributed by atoms with Gasteiger partial charge in [0.1, 0.15) is 5.78 Å². The molecule has 0 saturated heterocycles. The minimum atomic E-state index is -0.239. The van der Waals surface area contributed by atoms with E-state index in [1.165, 1.54) is 44.1 Å². The Morgan fingerprint density at radius 2 is 1.53 bits per heavy atom. The number of rotatable bonds is 1. The third-order valence-corrected chi connectivity index (χ3v) is 14.0. The van der Waals surface area contributed by atoms with Crippen molar-refractivity contribution in [3.8, 4) is 0 Å². The Morgan fingerprint density at radius 1 is 0.882 bits per heavy atom. The number of ketones is 2. The predicted octanol–water partition coefficient (Wildman–Crippen LogP) is 8.19. The van der Waals surface area contributed by atoms with Crippen molar-refractivity contribution in [3.63, 3.8) is 0 Å². The average molecular weight is 467 g/mol. The summed E-state index contributed by atoms with van der Waals surface area (Å²) in [5.41, 5.74) is 1.88. The van der Waals surface area contributed by atoms with Crippen molar-refractivity contribution in [3.05, 3.63) is 11.6 Å². The third kappa shape index (κ3) is 2.86. The van der Waals surface area contributed by atoms with Gasteiger partial charge in [0.25, 0.3) is 0 Å². The lowest BCUT2D eigenvalue weighted by molar-refractivity contribution is -0.192. The van der Waals surface area contributed by atoms with E-state index in [9.17, 15) is 9.59 Å². The highest BCUT2D eigenvalue weighted by Gasteiger charge is 2.69. The first-order chi connectivity index (χ1) is 15.6. The van der Waals surface area contributed by atoms with Gasteiger partial charge in [-0.2, -0.15) is 0 Å². The van der Waals surface area contributed by atoms with Crippen LogP contribution in [0.3, 0.4) is 0 Å². The summed E-state index contributed by atoms with van der Waals surface area (Å²) in [5, 5.41) is 0. The van der Waals surface area contributed by atoms with Gasteiger partial charge in [-0.3, -0.25) is 9.59 Å². The summed E-state index contributed by atoms with van der Waals surface area (Å²) < 4.78 is 0. The Balaban J connectivity index is 1.62. The number of Topliss-reactive ketones (excluding diaryl/α,β-unsaturated/α-hetero) is 1. The fraction of sp³-hybridized carbons (Fsp3) is 0.875. The van der Waals surface area contributed by atoms with E-state index in [0.717, 1.165) is 25.2 Å². The molecule has 0 aromatic carbocycles. The van der Waals surface area contributed by atoms with Crippen LogP contribution in [0.25, 0.3) is 0 Å². The van der Waals surface area contributed by atoms with E-state index in [2.05, 4.69) is 61.5 Å². The molecule has 0 heterocycles. The Bertz CT molecular complexity index is 958. The van der Waals surface area contributed by atoms with Gasteiger partial charge < -0.3 is 0 Å². The predicted molar refractivity (Wildman–Crippen MR) is 139 cm³/mol. The molecule has 9 atom stereocenters. The number of carbonyl (C=O) groups is 2. The summed E-state index contributed by atoms with van der Waals surface area (Å²) in [5.74, 6) is 2.59. The molecule has 0 aromatic rings. The van der Waals surface area contributed by atoms with Crippen LogP contribution in [0.1, 0.15) is 120 Å². The van der Waals surface area contributed by atoms with E-state index in [-0.39, 0.29) is 38.4 Å². The van der Waals surface area contributed by atoms with Crippen molar-refractivity contribution in [2.24, 2.45) is 56.2 Å². The molecule has 0 N–H and O–H groups in total. The molecule has 2 nitrogen and oxygen atoms in total. The monoisotopic (exact) mass is 466 g/mol. The Kier molecular flexibility index (Phi) is 5.17. The Morgan fingerprint density at radius 3 is 2.18 bits per heavy atom. The van der Waals surface area contributed by atoms with Crippen LogP contribution in [0, 0.1) is 56.2 Å². The summed E-state index contributed by atoms with van der Waals surface area (Å²) in [6.45, 7) is 21.4. The average Bonchev–Trinajstić information content (AvgIpc) is 2.73. The normalized spacial score (nSPS) is 54.1. The zero-order valence-corrected chi connectivity index (χ0v) is 23.6. The molecule has 34 heavy (non-hydrogen) atoms. The van der Waals surface area contributed by atoms with Crippen LogP contribution < -0.4 is 0 Å². The van der Waals surface area contributed by atoms with E-state index >= 15 is 0 Å². The maximum Gasteiger partial charge on any atom is 0.159 e. The van der Waals surface area contributed by atoms with Crippen molar-refractivity contribution in [1.82, 2.24) is 0 Å². The Labute approximate surface area is 209 Å². The van der Waals surface area contributed by atoms with Gasteiger partial charge in [0.2, 0.25) is 0 Å². The van der Waals surface area contributed by atoms with Gasteiger partial charge in [-0.25, -0.2) is 0 Å². The van der Waals surface area contributed by atoms with Crippen LogP contribution >= 0.6 is 0 Å². The second-order valence-corrected chi connectivity index (χ2v) is 15.6. The topological polar surface area (TPSA) is 34.1 Å². The highest BCUT2D eigenvalue weighted by Crippen LogP contribution is 2.75. The summed E-state index contributed by atoms with van der Waals surface area (Å²) in [6.07, 6.45) is 12.5. The minimum absolute atomic E-state index is 0.0154. The molecule has 190 valence electrons. The maximum absolute atomic E-state index is 14.3. The molecular formula is C32H50O2. The molecule has 0 radical (unpaired) electrons. The van der Waals surface area contributed by atoms with Crippen LogP contribution in [-0.2, 0) is 9.59 Å². The van der Waals surface area contributed by atoms with Crippen molar-refractivity contribution in [2.45, 2.75) is 120 Å². The van der Waals surface area contributed by atoms with E-state index in [1.54, 1.807) is 6.92 Å². The lowest BCUT2D eigenvalue weighted by Gasteiger charge is -2.70. The fourth-order valence-electron chi connectivity index (χ4n) is 10.7. The maximum atomic E-state index is 14.3. The number of allylic oxidation sites excluding steroid dienone is 2. The first kappa shape index (κ1) is 24.8. The van der Waals surface area contributed by atoms with Crippen LogP contribution in [0.15, 0.2) is 11.6 Å². The second-order valence-electron chi connectivity index (χ2n) is 15.6. The van der Waals surface area contributed by atoms with Gasteiger partial charge in [0, 0.05) is 11.3 Å². The zero-order valence-electron chi connectivity index (χ0n) is 23.6. The van der Waals surface area contributed by atoms with Crippen molar-refractivity contribution in [1.29, 1.82) is 0 Å². The molecule has 0 bridgehead atoms. The molecule has 5 aliphatic carbocycles. The SMILES string of the molecule is CC(=O)[C@@]1(C)CC[C@]2(C)CC[C@]3(C)C(=CC(=O)[C@@H]4[C@@]5(C)CC[C@H](C)C(C)(C)[C@@H]5CC[C@]43C)[C@@H]2C1. The van der Waals surface area contributed by atoms with E-state index in [0.29, 0.717) is 23.4 Å². The minimum Gasteiger partial charge on any atom is -0.299 e. The smallest absolute Gasteiger partial charge is 0.159 e. The summed E-state index contributed by atoms with van der Waals surface area (Å²) in [4.78, 5) is 27.0. The highest BCUT2D eigenvalue weighted by atomic mass is 16.1. The number of carbonyl (C=O) groups excluding carboxylic acids is 2. The van der Waals surface area contributed by atoms with Crippen molar-refractivity contribution < 1.29 is 9.59 Å². The number of fused-ring (bicyclic) bond motifs is 7. The molecule has 0 unspecified atom stereocenters. The first-order valence-corrected chi connectivity index (χ1v) is 14.3.